The number of aryl methyl sites for hydroxylation is 1. The largest absolute Gasteiger partial charge is 0.411 e. The molecule has 0 saturated carbocycles. The van der Waals surface area contributed by atoms with Crippen molar-refractivity contribution in [3.63, 3.8) is 0 Å². The first kappa shape index (κ1) is 10.7. The SMILES string of the molecule is Cc1cc(C=NO)nc2c1ccc1ccccc12. The van der Waals surface area contributed by atoms with Gasteiger partial charge in [-0.3, -0.25) is 0 Å². The van der Waals surface area contributed by atoms with Gasteiger partial charge in [0.15, 0.2) is 0 Å². The van der Waals surface area contributed by atoms with E-state index < -0.39 is 0 Å². The van der Waals surface area contributed by atoms with Crippen molar-refractivity contribution < 1.29 is 5.21 Å². The first-order valence-electron chi connectivity index (χ1n) is 5.76. The van der Waals surface area contributed by atoms with E-state index >= 15 is 0 Å². The number of aromatic nitrogens is 1. The number of hydrogen-bond acceptors (Lipinski definition) is 3. The van der Waals surface area contributed by atoms with Crippen molar-refractivity contribution in [2.24, 2.45) is 5.16 Å². The third-order valence-corrected chi connectivity index (χ3v) is 3.12. The second-order valence-corrected chi connectivity index (χ2v) is 4.29. The molecule has 0 saturated heterocycles. The molecular weight excluding hydrogens is 224 g/mol. The number of nitrogens with zero attached hydrogens (tertiary/aromatic N) is 2. The molecule has 0 atom stereocenters. The molecule has 0 amide bonds. The van der Waals surface area contributed by atoms with E-state index in [2.05, 4.69) is 34.4 Å². The van der Waals surface area contributed by atoms with Crippen molar-refractivity contribution >= 4 is 27.9 Å². The van der Waals surface area contributed by atoms with E-state index in [0.29, 0.717) is 5.69 Å². The number of pyridine rings is 1. The first-order valence-corrected chi connectivity index (χ1v) is 5.76. The smallest absolute Gasteiger partial charge is 0.0918 e. The van der Waals surface area contributed by atoms with Gasteiger partial charge in [0.05, 0.1) is 17.4 Å². The third kappa shape index (κ3) is 1.61. The van der Waals surface area contributed by atoms with Crippen LogP contribution < -0.4 is 0 Å². The highest BCUT2D eigenvalue weighted by molar-refractivity contribution is 6.06. The van der Waals surface area contributed by atoms with E-state index in [-0.39, 0.29) is 0 Å². The summed E-state index contributed by atoms with van der Waals surface area (Å²) in [7, 11) is 0. The Bertz CT molecular complexity index is 763. The summed E-state index contributed by atoms with van der Waals surface area (Å²) < 4.78 is 0. The van der Waals surface area contributed by atoms with E-state index in [1.165, 1.54) is 6.21 Å². The average Bonchev–Trinajstić information content (AvgIpc) is 2.39. The van der Waals surface area contributed by atoms with Crippen molar-refractivity contribution in [3.8, 4) is 0 Å². The van der Waals surface area contributed by atoms with Crippen molar-refractivity contribution in [1.29, 1.82) is 0 Å². The molecule has 0 aliphatic heterocycles. The van der Waals surface area contributed by atoms with Gasteiger partial charge in [0, 0.05) is 10.8 Å². The van der Waals surface area contributed by atoms with Crippen LogP contribution in [0.1, 0.15) is 11.3 Å². The van der Waals surface area contributed by atoms with Gasteiger partial charge in [-0.15, -0.1) is 0 Å². The van der Waals surface area contributed by atoms with Crippen LogP contribution in [0.4, 0.5) is 0 Å². The Morgan fingerprint density at radius 3 is 2.78 bits per heavy atom. The molecule has 3 heteroatoms. The standard InChI is InChI=1S/C15H12N2O/c1-10-8-12(9-16-18)17-15-13(10)7-6-11-4-2-3-5-14(11)15/h2-9,18H,1H3. The average molecular weight is 236 g/mol. The Hall–Kier alpha value is -2.42. The van der Waals surface area contributed by atoms with Crippen LogP contribution in [0.25, 0.3) is 21.7 Å². The molecule has 1 heterocycles. The van der Waals surface area contributed by atoms with Gasteiger partial charge in [0.25, 0.3) is 0 Å². The van der Waals surface area contributed by atoms with Crippen LogP contribution in [0.15, 0.2) is 47.6 Å². The summed E-state index contributed by atoms with van der Waals surface area (Å²) in [5.41, 5.74) is 2.74. The minimum absolute atomic E-state index is 0.666. The fourth-order valence-corrected chi connectivity index (χ4v) is 2.28. The molecule has 0 aliphatic rings. The van der Waals surface area contributed by atoms with Gasteiger partial charge in [-0.2, -0.15) is 0 Å². The van der Waals surface area contributed by atoms with Gasteiger partial charge in [-0.25, -0.2) is 4.98 Å². The predicted molar refractivity (Wildman–Crippen MR) is 73.4 cm³/mol. The highest BCUT2D eigenvalue weighted by atomic mass is 16.4. The normalized spacial score (nSPS) is 11.6. The number of rotatable bonds is 1. The van der Waals surface area contributed by atoms with E-state index in [9.17, 15) is 0 Å². The molecule has 3 rings (SSSR count). The molecule has 0 unspecified atom stereocenters. The Morgan fingerprint density at radius 1 is 1.11 bits per heavy atom. The zero-order chi connectivity index (χ0) is 12.5. The maximum atomic E-state index is 8.63. The third-order valence-electron chi connectivity index (χ3n) is 3.12. The van der Waals surface area contributed by atoms with Crippen LogP contribution >= 0.6 is 0 Å². The lowest BCUT2D eigenvalue weighted by molar-refractivity contribution is 0.321. The number of oxime groups is 1. The van der Waals surface area contributed by atoms with Gasteiger partial charge in [0.1, 0.15) is 0 Å². The van der Waals surface area contributed by atoms with Crippen LogP contribution in [0.5, 0.6) is 0 Å². The maximum absolute atomic E-state index is 8.63. The molecule has 0 bridgehead atoms. The molecule has 88 valence electrons. The molecule has 0 aliphatic carbocycles. The number of benzene rings is 2. The van der Waals surface area contributed by atoms with E-state index in [4.69, 9.17) is 5.21 Å². The highest BCUT2D eigenvalue weighted by Crippen LogP contribution is 2.26. The van der Waals surface area contributed by atoms with Gasteiger partial charge in [-0.05, 0) is 23.9 Å². The van der Waals surface area contributed by atoms with Crippen LogP contribution in [0.3, 0.4) is 0 Å². The van der Waals surface area contributed by atoms with Gasteiger partial charge < -0.3 is 5.21 Å². The molecule has 0 spiro atoms. The Balaban J connectivity index is 2.47. The molecule has 3 aromatic rings. The summed E-state index contributed by atoms with van der Waals surface area (Å²) >= 11 is 0. The Labute approximate surface area is 104 Å². The lowest BCUT2D eigenvalue weighted by Crippen LogP contribution is -1.92. The minimum atomic E-state index is 0.666. The Morgan fingerprint density at radius 2 is 1.94 bits per heavy atom. The summed E-state index contributed by atoms with van der Waals surface area (Å²) in [5, 5.41) is 15.1. The summed E-state index contributed by atoms with van der Waals surface area (Å²) in [6.45, 7) is 2.04. The highest BCUT2D eigenvalue weighted by Gasteiger charge is 2.05. The topological polar surface area (TPSA) is 45.5 Å². The predicted octanol–water partition coefficient (Wildman–Crippen LogP) is 3.50. The number of fused-ring (bicyclic) bond motifs is 3. The maximum Gasteiger partial charge on any atom is 0.0918 e. The zero-order valence-corrected chi connectivity index (χ0v) is 9.96. The quantitative estimate of drug-likeness (QED) is 0.304. The van der Waals surface area contributed by atoms with Crippen LogP contribution in [0.2, 0.25) is 0 Å². The van der Waals surface area contributed by atoms with Crippen molar-refractivity contribution in [2.75, 3.05) is 0 Å². The molecule has 0 radical (unpaired) electrons. The molecule has 18 heavy (non-hydrogen) atoms. The van der Waals surface area contributed by atoms with E-state index in [0.717, 1.165) is 27.2 Å². The van der Waals surface area contributed by atoms with E-state index in [1.807, 2.05) is 25.1 Å². The monoisotopic (exact) mass is 236 g/mol. The van der Waals surface area contributed by atoms with Gasteiger partial charge in [0.2, 0.25) is 0 Å². The first-order chi connectivity index (χ1) is 8.79. The fraction of sp³-hybridized carbons (Fsp3) is 0.0667. The molecule has 1 N–H and O–H groups in total. The van der Waals surface area contributed by atoms with Crippen LogP contribution in [-0.2, 0) is 0 Å². The molecular formula is C15H12N2O. The lowest BCUT2D eigenvalue weighted by atomic mass is 10.0. The lowest BCUT2D eigenvalue weighted by Gasteiger charge is -2.06. The van der Waals surface area contributed by atoms with Crippen molar-refractivity contribution in [2.45, 2.75) is 6.92 Å². The van der Waals surface area contributed by atoms with Gasteiger partial charge in [-0.1, -0.05) is 41.6 Å². The molecule has 0 fully saturated rings. The zero-order valence-electron chi connectivity index (χ0n) is 9.96. The fourth-order valence-electron chi connectivity index (χ4n) is 2.28. The molecule has 2 aromatic carbocycles. The molecule has 1 aromatic heterocycles. The van der Waals surface area contributed by atoms with Gasteiger partial charge >= 0.3 is 0 Å². The van der Waals surface area contributed by atoms with Crippen molar-refractivity contribution in [3.05, 3.63) is 53.7 Å². The summed E-state index contributed by atoms with van der Waals surface area (Å²) in [6.07, 6.45) is 1.36. The summed E-state index contributed by atoms with van der Waals surface area (Å²) in [4.78, 5) is 4.54. The van der Waals surface area contributed by atoms with E-state index in [1.54, 1.807) is 0 Å². The summed E-state index contributed by atoms with van der Waals surface area (Å²) in [5.74, 6) is 0. The van der Waals surface area contributed by atoms with Crippen LogP contribution in [-0.4, -0.2) is 16.4 Å². The molecule has 3 nitrogen and oxygen atoms in total. The van der Waals surface area contributed by atoms with Crippen LogP contribution in [0, 0.1) is 6.92 Å². The number of hydrogen-bond donors (Lipinski definition) is 1. The minimum Gasteiger partial charge on any atom is -0.411 e. The second-order valence-electron chi connectivity index (χ2n) is 4.29. The summed E-state index contributed by atoms with van der Waals surface area (Å²) in [6, 6.07) is 14.2. The van der Waals surface area contributed by atoms with Crippen molar-refractivity contribution in [1.82, 2.24) is 4.98 Å². The Kier molecular flexibility index (Phi) is 2.45. The second kappa shape index (κ2) is 4.11.